The number of nitrogens with zero attached hydrogens (tertiary/aromatic N) is 2. The van der Waals surface area contributed by atoms with Crippen LogP contribution in [0.3, 0.4) is 0 Å². The van der Waals surface area contributed by atoms with Crippen molar-refractivity contribution in [2.24, 2.45) is 4.99 Å². The first-order valence-electron chi connectivity index (χ1n) is 6.77. The van der Waals surface area contributed by atoms with E-state index in [4.69, 9.17) is 10.4 Å². The average molecular weight is 273 g/mol. The topological polar surface area (TPSA) is 49.1 Å². The van der Waals surface area contributed by atoms with Crippen molar-refractivity contribution in [3.05, 3.63) is 72.1 Å². The van der Waals surface area contributed by atoms with Gasteiger partial charge >= 0.3 is 0 Å². The SMILES string of the molecule is CC(=Nc1c(C=N)ccc2cnccc12)c1ccccc1. The van der Waals surface area contributed by atoms with Crippen LogP contribution in [-0.4, -0.2) is 16.9 Å². The summed E-state index contributed by atoms with van der Waals surface area (Å²) in [5.41, 5.74) is 3.65. The van der Waals surface area contributed by atoms with Gasteiger partial charge in [-0.2, -0.15) is 0 Å². The summed E-state index contributed by atoms with van der Waals surface area (Å²) in [4.78, 5) is 8.91. The lowest BCUT2D eigenvalue weighted by Gasteiger charge is -2.07. The molecule has 0 amide bonds. The molecule has 0 unspecified atom stereocenters. The van der Waals surface area contributed by atoms with E-state index in [0.717, 1.165) is 33.3 Å². The molecule has 0 radical (unpaired) electrons. The van der Waals surface area contributed by atoms with Gasteiger partial charge in [-0.1, -0.05) is 42.5 Å². The molecule has 0 aliphatic heterocycles. The van der Waals surface area contributed by atoms with Crippen molar-refractivity contribution in [1.82, 2.24) is 4.98 Å². The van der Waals surface area contributed by atoms with Gasteiger partial charge in [-0.25, -0.2) is 0 Å². The van der Waals surface area contributed by atoms with Crippen molar-refractivity contribution in [3.8, 4) is 0 Å². The molecule has 0 saturated heterocycles. The van der Waals surface area contributed by atoms with E-state index in [1.165, 1.54) is 6.21 Å². The van der Waals surface area contributed by atoms with Crippen molar-refractivity contribution in [3.63, 3.8) is 0 Å². The molecule has 0 spiro atoms. The number of nitrogens with one attached hydrogen (secondary N) is 1. The molecule has 1 heterocycles. The van der Waals surface area contributed by atoms with Crippen LogP contribution in [-0.2, 0) is 0 Å². The molecule has 1 aromatic heterocycles. The fourth-order valence-corrected chi connectivity index (χ4v) is 2.32. The lowest BCUT2D eigenvalue weighted by atomic mass is 10.1. The molecular formula is C18H15N3. The zero-order valence-electron chi connectivity index (χ0n) is 11.7. The van der Waals surface area contributed by atoms with E-state index in [9.17, 15) is 0 Å². The third-order valence-electron chi connectivity index (χ3n) is 3.45. The normalized spacial score (nSPS) is 11.6. The standard InChI is InChI=1S/C18H15N3/c1-13(14-5-3-2-4-6-14)21-18-15(11-19)7-8-16-12-20-10-9-17(16)18/h2-12,19H,1H3. The van der Waals surface area contributed by atoms with Crippen molar-refractivity contribution in [1.29, 1.82) is 5.41 Å². The number of aromatic nitrogens is 1. The highest BCUT2D eigenvalue weighted by Crippen LogP contribution is 2.29. The molecule has 3 aromatic rings. The highest BCUT2D eigenvalue weighted by molar-refractivity contribution is 6.06. The Morgan fingerprint density at radius 3 is 2.67 bits per heavy atom. The maximum absolute atomic E-state index is 7.60. The first-order valence-corrected chi connectivity index (χ1v) is 6.77. The molecule has 0 aliphatic rings. The van der Waals surface area contributed by atoms with Crippen LogP contribution in [0.5, 0.6) is 0 Å². The molecular weight excluding hydrogens is 258 g/mol. The number of benzene rings is 2. The van der Waals surface area contributed by atoms with E-state index in [0.29, 0.717) is 0 Å². The Balaban J connectivity index is 2.21. The largest absolute Gasteiger partial charge is 0.308 e. The van der Waals surface area contributed by atoms with Gasteiger partial charge in [-0.3, -0.25) is 9.98 Å². The smallest absolute Gasteiger partial charge is 0.0800 e. The number of fused-ring (bicyclic) bond motifs is 1. The Morgan fingerprint density at radius 1 is 1.10 bits per heavy atom. The van der Waals surface area contributed by atoms with Gasteiger partial charge < -0.3 is 5.41 Å². The molecule has 0 atom stereocenters. The number of pyridine rings is 1. The van der Waals surface area contributed by atoms with E-state index < -0.39 is 0 Å². The molecule has 1 N–H and O–H groups in total. The fourth-order valence-electron chi connectivity index (χ4n) is 2.32. The van der Waals surface area contributed by atoms with E-state index >= 15 is 0 Å². The minimum absolute atomic E-state index is 0.809. The Morgan fingerprint density at radius 2 is 1.90 bits per heavy atom. The molecule has 0 saturated carbocycles. The predicted molar refractivity (Wildman–Crippen MR) is 87.9 cm³/mol. The van der Waals surface area contributed by atoms with Gasteiger partial charge in [-0.15, -0.1) is 0 Å². The van der Waals surface area contributed by atoms with Crippen LogP contribution in [0.25, 0.3) is 10.8 Å². The summed E-state index contributed by atoms with van der Waals surface area (Å²) in [5, 5.41) is 9.64. The van der Waals surface area contributed by atoms with E-state index in [2.05, 4.69) is 4.98 Å². The Hall–Kier alpha value is -2.81. The second-order valence-electron chi connectivity index (χ2n) is 4.81. The molecule has 0 bridgehead atoms. The van der Waals surface area contributed by atoms with Gasteiger partial charge in [0.25, 0.3) is 0 Å². The zero-order valence-corrected chi connectivity index (χ0v) is 11.7. The van der Waals surface area contributed by atoms with E-state index in [1.54, 1.807) is 6.20 Å². The molecule has 102 valence electrons. The number of rotatable bonds is 3. The van der Waals surface area contributed by atoms with Crippen molar-refractivity contribution in [2.45, 2.75) is 6.92 Å². The van der Waals surface area contributed by atoms with Gasteiger partial charge in [-0.05, 0) is 18.6 Å². The minimum Gasteiger partial charge on any atom is -0.308 e. The first kappa shape index (κ1) is 13.2. The Bertz CT molecular complexity index is 820. The van der Waals surface area contributed by atoms with Crippen molar-refractivity contribution in [2.75, 3.05) is 0 Å². The quantitative estimate of drug-likeness (QED) is 0.707. The number of hydrogen-bond acceptors (Lipinski definition) is 3. The number of hydrogen-bond donors (Lipinski definition) is 1. The molecule has 21 heavy (non-hydrogen) atoms. The van der Waals surface area contributed by atoms with Crippen LogP contribution in [0, 0.1) is 5.41 Å². The maximum Gasteiger partial charge on any atom is 0.0800 e. The number of aliphatic imine (C=N–C) groups is 1. The highest BCUT2D eigenvalue weighted by atomic mass is 14.8. The van der Waals surface area contributed by atoms with Crippen LogP contribution < -0.4 is 0 Å². The van der Waals surface area contributed by atoms with Crippen LogP contribution in [0.4, 0.5) is 5.69 Å². The van der Waals surface area contributed by atoms with E-state index in [-0.39, 0.29) is 0 Å². The van der Waals surface area contributed by atoms with Gasteiger partial charge in [0.2, 0.25) is 0 Å². The zero-order chi connectivity index (χ0) is 14.7. The molecule has 3 heteroatoms. The second-order valence-corrected chi connectivity index (χ2v) is 4.81. The highest BCUT2D eigenvalue weighted by Gasteiger charge is 2.06. The van der Waals surface area contributed by atoms with Crippen LogP contribution in [0.15, 0.2) is 65.9 Å². The lowest BCUT2D eigenvalue weighted by molar-refractivity contribution is 1.36. The maximum atomic E-state index is 7.60. The molecule has 0 aliphatic carbocycles. The van der Waals surface area contributed by atoms with Crippen LogP contribution >= 0.6 is 0 Å². The monoisotopic (exact) mass is 273 g/mol. The minimum atomic E-state index is 0.809. The van der Waals surface area contributed by atoms with Crippen LogP contribution in [0.2, 0.25) is 0 Å². The van der Waals surface area contributed by atoms with Gasteiger partial charge in [0.05, 0.1) is 5.69 Å². The Labute approximate surface area is 123 Å². The summed E-state index contributed by atoms with van der Waals surface area (Å²) in [6.07, 6.45) is 4.92. The summed E-state index contributed by atoms with van der Waals surface area (Å²) >= 11 is 0. The summed E-state index contributed by atoms with van der Waals surface area (Å²) < 4.78 is 0. The fraction of sp³-hybridized carbons (Fsp3) is 0.0556. The average Bonchev–Trinajstić information content (AvgIpc) is 2.56. The third-order valence-corrected chi connectivity index (χ3v) is 3.45. The van der Waals surface area contributed by atoms with Gasteiger partial charge in [0.1, 0.15) is 0 Å². The summed E-state index contributed by atoms with van der Waals surface area (Å²) in [6.45, 7) is 1.99. The summed E-state index contributed by atoms with van der Waals surface area (Å²) in [7, 11) is 0. The predicted octanol–water partition coefficient (Wildman–Crippen LogP) is 4.37. The van der Waals surface area contributed by atoms with Crippen molar-refractivity contribution >= 4 is 28.4 Å². The van der Waals surface area contributed by atoms with Gasteiger partial charge in [0, 0.05) is 40.7 Å². The lowest BCUT2D eigenvalue weighted by Crippen LogP contribution is -1.94. The molecule has 3 rings (SSSR count). The molecule has 2 aromatic carbocycles. The first-order chi connectivity index (χ1) is 10.3. The van der Waals surface area contributed by atoms with E-state index in [1.807, 2.05) is 61.7 Å². The molecule has 3 nitrogen and oxygen atoms in total. The van der Waals surface area contributed by atoms with Crippen LogP contribution in [0.1, 0.15) is 18.1 Å². The summed E-state index contributed by atoms with van der Waals surface area (Å²) in [5.74, 6) is 0. The van der Waals surface area contributed by atoms with Crippen molar-refractivity contribution < 1.29 is 0 Å². The Kier molecular flexibility index (Phi) is 3.56. The summed E-state index contributed by atoms with van der Waals surface area (Å²) in [6, 6.07) is 15.9. The second kappa shape index (κ2) is 5.67. The molecule has 0 fully saturated rings. The third kappa shape index (κ3) is 2.58. The van der Waals surface area contributed by atoms with Gasteiger partial charge in [0.15, 0.2) is 0 Å².